The number of fused-ring (bicyclic) bond motifs is 1. The van der Waals surface area contributed by atoms with E-state index in [9.17, 15) is 8.42 Å². The molecule has 1 unspecified atom stereocenters. The van der Waals surface area contributed by atoms with Gasteiger partial charge < -0.3 is 5.73 Å². The molecule has 0 aromatic heterocycles. The highest BCUT2D eigenvalue weighted by atomic mass is 32.2. The molecular formula is C15H24N2O2S. The Balaban J connectivity index is 2.30. The first-order valence-corrected chi connectivity index (χ1v) is 9.12. The third-order valence-corrected chi connectivity index (χ3v) is 5.35. The van der Waals surface area contributed by atoms with E-state index in [2.05, 4.69) is 23.1 Å². The van der Waals surface area contributed by atoms with Crippen molar-refractivity contribution < 1.29 is 8.42 Å². The van der Waals surface area contributed by atoms with Gasteiger partial charge in [-0.1, -0.05) is 24.3 Å². The maximum Gasteiger partial charge on any atom is 0.148 e. The molecule has 20 heavy (non-hydrogen) atoms. The predicted molar refractivity (Wildman–Crippen MR) is 82.5 cm³/mol. The molecule has 1 aromatic carbocycles. The second-order valence-corrected chi connectivity index (χ2v) is 8.06. The summed E-state index contributed by atoms with van der Waals surface area (Å²) in [5.74, 6) is 0.174. The smallest absolute Gasteiger partial charge is 0.148 e. The van der Waals surface area contributed by atoms with E-state index in [0.29, 0.717) is 13.1 Å². The Morgan fingerprint density at radius 3 is 2.70 bits per heavy atom. The molecule has 0 fully saturated rings. The van der Waals surface area contributed by atoms with Gasteiger partial charge in [0, 0.05) is 19.3 Å². The van der Waals surface area contributed by atoms with Crippen LogP contribution in [0.5, 0.6) is 0 Å². The SMILES string of the molecule is CN(CCS(C)(=O)=O)C1(CN)CCCc2ccccc21. The molecule has 0 saturated heterocycles. The quantitative estimate of drug-likeness (QED) is 0.885. The molecule has 0 spiro atoms. The number of hydrogen-bond acceptors (Lipinski definition) is 4. The molecule has 0 radical (unpaired) electrons. The molecule has 0 saturated carbocycles. The van der Waals surface area contributed by atoms with Gasteiger partial charge in [0.1, 0.15) is 9.84 Å². The van der Waals surface area contributed by atoms with Crippen LogP contribution in [0.3, 0.4) is 0 Å². The molecule has 0 heterocycles. The lowest BCUT2D eigenvalue weighted by Gasteiger charge is -2.45. The average molecular weight is 296 g/mol. The minimum Gasteiger partial charge on any atom is -0.328 e. The van der Waals surface area contributed by atoms with Crippen molar-refractivity contribution in [3.05, 3.63) is 35.4 Å². The van der Waals surface area contributed by atoms with Gasteiger partial charge in [-0.3, -0.25) is 4.90 Å². The fourth-order valence-corrected chi connectivity index (χ4v) is 3.78. The van der Waals surface area contributed by atoms with Gasteiger partial charge in [-0.05, 0) is 37.4 Å². The molecule has 5 heteroatoms. The maximum absolute atomic E-state index is 11.4. The van der Waals surface area contributed by atoms with Gasteiger partial charge in [-0.2, -0.15) is 0 Å². The number of sulfone groups is 1. The Kier molecular flexibility index (Phi) is 4.52. The Morgan fingerprint density at radius 2 is 2.05 bits per heavy atom. The maximum atomic E-state index is 11.4. The molecule has 2 rings (SSSR count). The minimum absolute atomic E-state index is 0.174. The van der Waals surface area contributed by atoms with Gasteiger partial charge in [0.05, 0.1) is 11.3 Å². The van der Waals surface area contributed by atoms with E-state index >= 15 is 0 Å². The fourth-order valence-electron chi connectivity index (χ4n) is 3.18. The zero-order chi connectivity index (χ0) is 14.8. The molecular weight excluding hydrogens is 272 g/mol. The predicted octanol–water partition coefficient (Wildman–Crippen LogP) is 1.15. The normalized spacial score (nSPS) is 22.8. The topological polar surface area (TPSA) is 63.4 Å². The molecule has 2 N–H and O–H groups in total. The van der Waals surface area contributed by atoms with Crippen LogP contribution in [0.4, 0.5) is 0 Å². The highest BCUT2D eigenvalue weighted by Crippen LogP contribution is 2.38. The number of nitrogens with zero attached hydrogens (tertiary/aromatic N) is 1. The highest BCUT2D eigenvalue weighted by Gasteiger charge is 2.38. The first-order valence-electron chi connectivity index (χ1n) is 7.06. The van der Waals surface area contributed by atoms with E-state index in [0.717, 1.165) is 19.3 Å². The number of rotatable bonds is 5. The third-order valence-electron chi connectivity index (χ3n) is 4.42. The third kappa shape index (κ3) is 3.05. The van der Waals surface area contributed by atoms with E-state index in [-0.39, 0.29) is 11.3 Å². The monoisotopic (exact) mass is 296 g/mol. The van der Waals surface area contributed by atoms with E-state index in [1.165, 1.54) is 17.4 Å². The van der Waals surface area contributed by atoms with E-state index < -0.39 is 9.84 Å². The van der Waals surface area contributed by atoms with Crippen molar-refractivity contribution in [3.63, 3.8) is 0 Å². The zero-order valence-electron chi connectivity index (χ0n) is 12.3. The Hall–Kier alpha value is -0.910. The van der Waals surface area contributed by atoms with Crippen LogP contribution in [0, 0.1) is 0 Å². The molecule has 1 atom stereocenters. The van der Waals surface area contributed by atoms with Crippen LogP contribution < -0.4 is 5.73 Å². The van der Waals surface area contributed by atoms with E-state index in [1.54, 1.807) is 0 Å². The molecule has 4 nitrogen and oxygen atoms in total. The van der Waals surface area contributed by atoms with E-state index in [1.807, 2.05) is 13.1 Å². The van der Waals surface area contributed by atoms with Crippen LogP contribution in [-0.2, 0) is 21.8 Å². The summed E-state index contributed by atoms with van der Waals surface area (Å²) >= 11 is 0. The van der Waals surface area contributed by atoms with Crippen LogP contribution >= 0.6 is 0 Å². The fraction of sp³-hybridized carbons (Fsp3) is 0.600. The van der Waals surface area contributed by atoms with Crippen LogP contribution in [0.15, 0.2) is 24.3 Å². The van der Waals surface area contributed by atoms with Gasteiger partial charge in [0.2, 0.25) is 0 Å². The lowest BCUT2D eigenvalue weighted by molar-refractivity contribution is 0.111. The van der Waals surface area contributed by atoms with Crippen LogP contribution in [-0.4, -0.2) is 45.5 Å². The van der Waals surface area contributed by atoms with Crippen molar-refractivity contribution in [2.75, 3.05) is 32.1 Å². The summed E-state index contributed by atoms with van der Waals surface area (Å²) in [7, 11) is -0.966. The largest absolute Gasteiger partial charge is 0.328 e. The summed E-state index contributed by atoms with van der Waals surface area (Å²) in [4.78, 5) is 2.13. The second-order valence-electron chi connectivity index (χ2n) is 5.80. The number of benzene rings is 1. The Bertz CT molecular complexity index is 571. The van der Waals surface area contributed by atoms with Crippen molar-refractivity contribution in [1.29, 1.82) is 0 Å². The lowest BCUT2D eigenvalue weighted by Crippen LogP contribution is -2.52. The molecule has 0 aliphatic heterocycles. The molecule has 1 aliphatic carbocycles. The summed E-state index contributed by atoms with van der Waals surface area (Å²) in [5, 5.41) is 0. The summed E-state index contributed by atoms with van der Waals surface area (Å²) in [6.07, 6.45) is 4.45. The van der Waals surface area contributed by atoms with Crippen LogP contribution in [0.1, 0.15) is 24.0 Å². The van der Waals surface area contributed by atoms with E-state index in [4.69, 9.17) is 5.73 Å². The summed E-state index contributed by atoms with van der Waals surface area (Å²) < 4.78 is 22.8. The zero-order valence-corrected chi connectivity index (χ0v) is 13.1. The van der Waals surface area contributed by atoms with Crippen molar-refractivity contribution >= 4 is 9.84 Å². The molecule has 0 bridgehead atoms. The van der Waals surface area contributed by atoms with Gasteiger partial charge in [0.15, 0.2) is 0 Å². The number of hydrogen-bond donors (Lipinski definition) is 1. The second kappa shape index (κ2) is 5.84. The van der Waals surface area contributed by atoms with Gasteiger partial charge in [-0.25, -0.2) is 8.42 Å². The molecule has 1 aliphatic rings. The van der Waals surface area contributed by atoms with Gasteiger partial charge >= 0.3 is 0 Å². The van der Waals surface area contributed by atoms with Crippen molar-refractivity contribution in [2.45, 2.75) is 24.8 Å². The molecule has 112 valence electrons. The first kappa shape index (κ1) is 15.5. The minimum atomic E-state index is -2.95. The van der Waals surface area contributed by atoms with Crippen LogP contribution in [0.2, 0.25) is 0 Å². The van der Waals surface area contributed by atoms with Gasteiger partial charge in [-0.15, -0.1) is 0 Å². The van der Waals surface area contributed by atoms with Crippen molar-refractivity contribution in [2.24, 2.45) is 5.73 Å². The van der Waals surface area contributed by atoms with Gasteiger partial charge in [0.25, 0.3) is 0 Å². The molecule has 1 aromatic rings. The lowest BCUT2D eigenvalue weighted by atomic mass is 9.75. The average Bonchev–Trinajstić information content (AvgIpc) is 2.43. The number of nitrogens with two attached hydrogens (primary N) is 1. The molecule has 0 amide bonds. The number of aryl methyl sites for hydroxylation is 1. The highest BCUT2D eigenvalue weighted by molar-refractivity contribution is 7.90. The number of likely N-dealkylation sites (N-methyl/N-ethyl adjacent to an activating group) is 1. The standard InChI is InChI=1S/C15H24N2O2S/c1-17(10-11-20(2,18)19)15(12-16)9-5-7-13-6-3-4-8-14(13)15/h3-4,6,8H,5,7,9-12,16H2,1-2H3. The Labute approximate surface area is 121 Å². The summed E-state index contributed by atoms with van der Waals surface area (Å²) in [5.41, 5.74) is 8.49. The first-order chi connectivity index (χ1) is 9.39. The summed E-state index contributed by atoms with van der Waals surface area (Å²) in [6.45, 7) is 1.04. The van der Waals surface area contributed by atoms with Crippen LogP contribution in [0.25, 0.3) is 0 Å². The Morgan fingerprint density at radius 1 is 1.35 bits per heavy atom. The van der Waals surface area contributed by atoms with Crippen molar-refractivity contribution in [3.8, 4) is 0 Å². The van der Waals surface area contributed by atoms with Crippen molar-refractivity contribution in [1.82, 2.24) is 4.90 Å². The summed E-state index contributed by atoms with van der Waals surface area (Å²) in [6, 6.07) is 8.39.